The third-order valence-corrected chi connectivity index (χ3v) is 2.78. The van der Waals surface area contributed by atoms with Gasteiger partial charge in [0.05, 0.1) is 10.7 Å². The van der Waals surface area contributed by atoms with Crippen LogP contribution < -0.4 is 5.32 Å². The number of halogens is 2. The Labute approximate surface area is 98.3 Å². The third-order valence-electron chi connectivity index (χ3n) is 1.96. The number of rotatable bonds is 4. The molecule has 0 aliphatic carbocycles. The van der Waals surface area contributed by atoms with E-state index in [-0.39, 0.29) is 0 Å². The van der Waals surface area contributed by atoms with Crippen LogP contribution in [0, 0.1) is 0 Å². The summed E-state index contributed by atoms with van der Waals surface area (Å²) >= 11 is 9.41. The Morgan fingerprint density at radius 3 is 2.93 bits per heavy atom. The molecule has 0 radical (unpaired) electrons. The summed E-state index contributed by atoms with van der Waals surface area (Å²) in [5.74, 6) is 0. The van der Waals surface area contributed by atoms with Gasteiger partial charge in [0, 0.05) is 11.0 Å². The fourth-order valence-electron chi connectivity index (χ4n) is 0.978. The average molecular weight is 275 g/mol. The lowest BCUT2D eigenvalue weighted by molar-refractivity contribution is 1.05. The maximum Gasteiger partial charge on any atom is 0.0638 e. The van der Waals surface area contributed by atoms with Gasteiger partial charge in [0.15, 0.2) is 0 Å². The third kappa shape index (κ3) is 3.35. The van der Waals surface area contributed by atoms with Crippen molar-refractivity contribution in [3.05, 3.63) is 39.8 Å². The van der Waals surface area contributed by atoms with E-state index in [1.807, 2.05) is 18.2 Å². The molecule has 0 unspecified atom stereocenters. The molecule has 0 aliphatic rings. The van der Waals surface area contributed by atoms with Crippen LogP contribution in [0.5, 0.6) is 0 Å². The van der Waals surface area contributed by atoms with Gasteiger partial charge in [-0.15, -0.1) is 0 Å². The fourth-order valence-corrected chi connectivity index (χ4v) is 1.52. The average Bonchev–Trinajstić information content (AvgIpc) is 2.19. The predicted octanol–water partition coefficient (Wildman–Crippen LogP) is 4.48. The van der Waals surface area contributed by atoms with Crippen molar-refractivity contribution in [1.82, 2.24) is 0 Å². The summed E-state index contributed by atoms with van der Waals surface area (Å²) in [4.78, 5) is 0. The Morgan fingerprint density at radius 2 is 2.29 bits per heavy atom. The van der Waals surface area contributed by atoms with Gasteiger partial charge >= 0.3 is 0 Å². The number of benzene rings is 1. The van der Waals surface area contributed by atoms with Gasteiger partial charge in [-0.2, -0.15) is 0 Å². The Balaban J connectivity index is 2.66. The van der Waals surface area contributed by atoms with E-state index >= 15 is 0 Å². The van der Waals surface area contributed by atoms with Crippen LogP contribution in [-0.4, -0.2) is 6.54 Å². The zero-order valence-electron chi connectivity index (χ0n) is 8.11. The molecular formula is C11H13BrClN. The van der Waals surface area contributed by atoms with Crippen LogP contribution in [0.3, 0.4) is 0 Å². The van der Waals surface area contributed by atoms with Crippen LogP contribution >= 0.6 is 27.5 Å². The zero-order chi connectivity index (χ0) is 10.6. The molecule has 1 N–H and O–H groups in total. The molecular weight excluding hydrogens is 261 g/mol. The van der Waals surface area contributed by atoms with Crippen LogP contribution in [0.4, 0.5) is 5.69 Å². The molecule has 0 fully saturated rings. The van der Waals surface area contributed by atoms with Crippen LogP contribution in [-0.2, 0) is 0 Å². The molecule has 0 saturated carbocycles. The molecule has 14 heavy (non-hydrogen) atoms. The van der Waals surface area contributed by atoms with E-state index in [2.05, 4.69) is 34.7 Å². The summed E-state index contributed by atoms with van der Waals surface area (Å²) in [6, 6.07) is 5.75. The number of anilines is 1. The van der Waals surface area contributed by atoms with E-state index in [9.17, 15) is 0 Å². The number of nitrogens with one attached hydrogen (secondary N) is 1. The second-order valence-corrected chi connectivity index (χ2v) is 4.40. The standard InChI is InChI=1S/C11H13BrClN/c1-3-8(2)7-14-11-6-9(12)4-5-10(11)13/h4-6,14H,2-3,7H2,1H3. The molecule has 1 aromatic rings. The first kappa shape index (κ1) is 11.6. The van der Waals surface area contributed by atoms with Crippen molar-refractivity contribution in [2.45, 2.75) is 13.3 Å². The van der Waals surface area contributed by atoms with Crippen LogP contribution in [0.2, 0.25) is 5.02 Å². The van der Waals surface area contributed by atoms with Gasteiger partial charge in [-0.25, -0.2) is 0 Å². The maximum atomic E-state index is 6.01. The van der Waals surface area contributed by atoms with Crippen molar-refractivity contribution in [1.29, 1.82) is 0 Å². The van der Waals surface area contributed by atoms with Crippen molar-refractivity contribution < 1.29 is 0 Å². The smallest absolute Gasteiger partial charge is 0.0638 e. The maximum absolute atomic E-state index is 6.01. The second-order valence-electron chi connectivity index (χ2n) is 3.08. The molecule has 76 valence electrons. The highest BCUT2D eigenvalue weighted by Crippen LogP contribution is 2.25. The zero-order valence-corrected chi connectivity index (χ0v) is 10.5. The second kappa shape index (κ2) is 5.42. The molecule has 0 amide bonds. The molecule has 0 spiro atoms. The van der Waals surface area contributed by atoms with E-state index in [1.165, 1.54) is 5.57 Å². The van der Waals surface area contributed by atoms with E-state index in [0.717, 1.165) is 28.1 Å². The SMILES string of the molecule is C=C(CC)CNc1cc(Br)ccc1Cl. The van der Waals surface area contributed by atoms with Gasteiger partial charge in [-0.3, -0.25) is 0 Å². The largest absolute Gasteiger partial charge is 0.380 e. The van der Waals surface area contributed by atoms with Crippen molar-refractivity contribution in [2.75, 3.05) is 11.9 Å². The predicted molar refractivity (Wildman–Crippen MR) is 67.1 cm³/mol. The van der Waals surface area contributed by atoms with Gasteiger partial charge in [-0.1, -0.05) is 46.6 Å². The Hall–Kier alpha value is -0.470. The summed E-state index contributed by atoms with van der Waals surface area (Å²) in [7, 11) is 0. The molecule has 0 saturated heterocycles. The van der Waals surface area contributed by atoms with Crippen molar-refractivity contribution in [3.63, 3.8) is 0 Å². The lowest BCUT2D eigenvalue weighted by atomic mass is 10.2. The quantitative estimate of drug-likeness (QED) is 0.798. The monoisotopic (exact) mass is 273 g/mol. The fraction of sp³-hybridized carbons (Fsp3) is 0.273. The van der Waals surface area contributed by atoms with E-state index in [1.54, 1.807) is 0 Å². The molecule has 0 aliphatic heterocycles. The first-order chi connectivity index (χ1) is 6.63. The van der Waals surface area contributed by atoms with Crippen molar-refractivity contribution in [3.8, 4) is 0 Å². The Morgan fingerprint density at radius 1 is 1.57 bits per heavy atom. The minimum absolute atomic E-state index is 0.733. The molecule has 0 heterocycles. The van der Waals surface area contributed by atoms with Crippen molar-refractivity contribution >= 4 is 33.2 Å². The topological polar surface area (TPSA) is 12.0 Å². The summed E-state index contributed by atoms with van der Waals surface area (Å²) in [6.07, 6.45) is 0.985. The highest BCUT2D eigenvalue weighted by molar-refractivity contribution is 9.10. The number of hydrogen-bond acceptors (Lipinski definition) is 1. The van der Waals surface area contributed by atoms with Gasteiger partial charge in [0.25, 0.3) is 0 Å². The Kier molecular flexibility index (Phi) is 4.49. The summed E-state index contributed by atoms with van der Waals surface area (Å²) in [5.41, 5.74) is 2.11. The van der Waals surface area contributed by atoms with Gasteiger partial charge in [0.1, 0.15) is 0 Å². The molecule has 1 aromatic carbocycles. The highest BCUT2D eigenvalue weighted by atomic mass is 79.9. The summed E-state index contributed by atoms with van der Waals surface area (Å²) in [5, 5.41) is 3.98. The van der Waals surface area contributed by atoms with Gasteiger partial charge in [-0.05, 0) is 24.6 Å². The van der Waals surface area contributed by atoms with Gasteiger partial charge in [0.2, 0.25) is 0 Å². The molecule has 0 bridgehead atoms. The van der Waals surface area contributed by atoms with E-state index < -0.39 is 0 Å². The lowest BCUT2D eigenvalue weighted by Gasteiger charge is -2.09. The van der Waals surface area contributed by atoms with Crippen LogP contribution in [0.1, 0.15) is 13.3 Å². The summed E-state index contributed by atoms with van der Waals surface area (Å²) in [6.45, 7) is 6.78. The van der Waals surface area contributed by atoms with Crippen LogP contribution in [0.25, 0.3) is 0 Å². The molecule has 1 nitrogen and oxygen atoms in total. The molecule has 1 rings (SSSR count). The number of hydrogen-bond donors (Lipinski definition) is 1. The molecule has 0 aromatic heterocycles. The Bertz CT molecular complexity index is 336. The minimum atomic E-state index is 0.733. The highest BCUT2D eigenvalue weighted by Gasteiger charge is 2.00. The van der Waals surface area contributed by atoms with Crippen LogP contribution in [0.15, 0.2) is 34.8 Å². The van der Waals surface area contributed by atoms with E-state index in [0.29, 0.717) is 0 Å². The molecule has 0 atom stereocenters. The first-order valence-corrected chi connectivity index (χ1v) is 5.66. The van der Waals surface area contributed by atoms with Gasteiger partial charge < -0.3 is 5.32 Å². The normalized spacial score (nSPS) is 9.93. The minimum Gasteiger partial charge on any atom is -0.380 e. The summed E-state index contributed by atoms with van der Waals surface area (Å²) < 4.78 is 1.02. The van der Waals surface area contributed by atoms with E-state index in [4.69, 9.17) is 11.6 Å². The van der Waals surface area contributed by atoms with Crippen molar-refractivity contribution in [2.24, 2.45) is 0 Å². The lowest BCUT2D eigenvalue weighted by Crippen LogP contribution is -2.03. The molecule has 3 heteroatoms. The first-order valence-electron chi connectivity index (χ1n) is 4.49.